The largest absolute Gasteiger partial charge is 0.490 e. The van der Waals surface area contributed by atoms with Crippen molar-refractivity contribution in [3.05, 3.63) is 54.4 Å². The number of nitrogens with zero attached hydrogens (tertiary/aromatic N) is 2. The molecule has 168 valence electrons. The van der Waals surface area contributed by atoms with Gasteiger partial charge in [0.25, 0.3) is 0 Å². The van der Waals surface area contributed by atoms with Crippen molar-refractivity contribution in [3.63, 3.8) is 0 Å². The van der Waals surface area contributed by atoms with E-state index in [1.54, 1.807) is 12.4 Å². The molecule has 6 heteroatoms. The zero-order valence-electron chi connectivity index (χ0n) is 18.5. The fraction of sp³-hybridized carbons (Fsp3) is 0.480. The summed E-state index contributed by atoms with van der Waals surface area (Å²) in [7, 11) is 0. The summed E-state index contributed by atoms with van der Waals surface area (Å²) in [5.41, 5.74) is 2.23. The van der Waals surface area contributed by atoms with Gasteiger partial charge in [-0.2, -0.15) is 0 Å². The Kier molecular flexibility index (Phi) is 12.0. The molecule has 0 unspecified atom stereocenters. The number of carbonyl (C=O) groups is 1. The normalized spacial score (nSPS) is 11.1. The van der Waals surface area contributed by atoms with Crippen LogP contribution in [-0.4, -0.2) is 40.9 Å². The van der Waals surface area contributed by atoms with E-state index in [4.69, 9.17) is 14.6 Å². The summed E-state index contributed by atoms with van der Waals surface area (Å²) in [5, 5.41) is 8.61. The lowest BCUT2D eigenvalue weighted by atomic mass is 10.1. The van der Waals surface area contributed by atoms with Crippen molar-refractivity contribution in [2.75, 3.05) is 19.8 Å². The van der Waals surface area contributed by atoms with E-state index in [2.05, 4.69) is 41.2 Å². The first-order valence-electron chi connectivity index (χ1n) is 11.2. The molecule has 0 aliphatic carbocycles. The molecular weight excluding hydrogens is 392 g/mol. The highest BCUT2D eigenvalue weighted by atomic mass is 16.5. The van der Waals surface area contributed by atoms with Crippen LogP contribution in [0.1, 0.15) is 57.4 Å². The van der Waals surface area contributed by atoms with E-state index in [0.29, 0.717) is 24.6 Å². The SMILES string of the molecule is CCCOCCCCOc1cnc(-c2ccc(CC/C=C\CCCC(=O)O)cc2)nc1. The summed E-state index contributed by atoms with van der Waals surface area (Å²) in [6.45, 7) is 4.35. The van der Waals surface area contributed by atoms with Crippen molar-refractivity contribution in [1.29, 1.82) is 0 Å². The number of carboxylic acid groups (broad SMARTS) is 1. The molecule has 1 heterocycles. The topological polar surface area (TPSA) is 81.5 Å². The monoisotopic (exact) mass is 426 g/mol. The fourth-order valence-electron chi connectivity index (χ4n) is 2.96. The third kappa shape index (κ3) is 10.7. The minimum atomic E-state index is -0.733. The Labute approximate surface area is 185 Å². The van der Waals surface area contributed by atoms with Gasteiger partial charge in [-0.3, -0.25) is 4.79 Å². The van der Waals surface area contributed by atoms with Crippen LogP contribution in [0.4, 0.5) is 0 Å². The molecule has 0 radical (unpaired) electrons. The quantitative estimate of drug-likeness (QED) is 0.283. The lowest BCUT2D eigenvalue weighted by Crippen LogP contribution is -2.02. The van der Waals surface area contributed by atoms with Crippen molar-refractivity contribution < 1.29 is 19.4 Å². The van der Waals surface area contributed by atoms with Crippen molar-refractivity contribution in [1.82, 2.24) is 9.97 Å². The highest BCUT2D eigenvalue weighted by molar-refractivity contribution is 5.66. The van der Waals surface area contributed by atoms with E-state index in [1.807, 2.05) is 12.1 Å². The first-order valence-corrected chi connectivity index (χ1v) is 11.2. The number of ether oxygens (including phenoxy) is 2. The maximum absolute atomic E-state index is 10.5. The van der Waals surface area contributed by atoms with Crippen molar-refractivity contribution in [3.8, 4) is 17.1 Å². The van der Waals surface area contributed by atoms with E-state index in [1.165, 1.54) is 5.56 Å². The van der Waals surface area contributed by atoms with Crippen LogP contribution in [0, 0.1) is 0 Å². The van der Waals surface area contributed by atoms with Crippen LogP contribution < -0.4 is 4.74 Å². The van der Waals surface area contributed by atoms with Crippen LogP contribution in [0.5, 0.6) is 5.75 Å². The third-order valence-electron chi connectivity index (χ3n) is 4.67. The molecule has 0 saturated carbocycles. The van der Waals surface area contributed by atoms with Crippen molar-refractivity contribution >= 4 is 5.97 Å². The van der Waals surface area contributed by atoms with Crippen LogP contribution in [0.3, 0.4) is 0 Å². The Bertz CT molecular complexity index is 773. The van der Waals surface area contributed by atoms with E-state index >= 15 is 0 Å². The van der Waals surface area contributed by atoms with E-state index < -0.39 is 5.97 Å². The van der Waals surface area contributed by atoms with E-state index in [0.717, 1.165) is 57.3 Å². The Balaban J connectivity index is 1.68. The molecule has 0 spiro atoms. The predicted molar refractivity (Wildman–Crippen MR) is 122 cm³/mol. The minimum Gasteiger partial charge on any atom is -0.490 e. The fourth-order valence-corrected chi connectivity index (χ4v) is 2.96. The van der Waals surface area contributed by atoms with Crippen molar-refractivity contribution in [2.24, 2.45) is 0 Å². The number of aryl methyl sites for hydroxylation is 1. The summed E-state index contributed by atoms with van der Waals surface area (Å²) >= 11 is 0. The number of rotatable bonds is 16. The molecule has 0 atom stereocenters. The molecule has 31 heavy (non-hydrogen) atoms. The van der Waals surface area contributed by atoms with Gasteiger partial charge in [0.05, 0.1) is 19.0 Å². The molecule has 2 rings (SSSR count). The number of hydrogen-bond acceptors (Lipinski definition) is 5. The van der Waals surface area contributed by atoms with Gasteiger partial charge < -0.3 is 14.6 Å². The summed E-state index contributed by atoms with van der Waals surface area (Å²) in [4.78, 5) is 19.3. The van der Waals surface area contributed by atoms with E-state index in [9.17, 15) is 4.79 Å². The van der Waals surface area contributed by atoms with Gasteiger partial charge in [-0.25, -0.2) is 9.97 Å². The van der Waals surface area contributed by atoms with Crippen LogP contribution in [-0.2, 0) is 16.0 Å². The highest BCUT2D eigenvalue weighted by Gasteiger charge is 2.03. The minimum absolute atomic E-state index is 0.232. The number of benzene rings is 1. The Morgan fingerprint density at radius 1 is 0.968 bits per heavy atom. The molecule has 0 fully saturated rings. The van der Waals surface area contributed by atoms with Gasteiger partial charge in [0.15, 0.2) is 11.6 Å². The first kappa shape index (κ1) is 24.5. The molecule has 0 aliphatic heterocycles. The smallest absolute Gasteiger partial charge is 0.303 e. The molecule has 6 nitrogen and oxygen atoms in total. The second-order valence-corrected chi connectivity index (χ2v) is 7.40. The van der Waals surface area contributed by atoms with Gasteiger partial charge in [-0.1, -0.05) is 43.3 Å². The van der Waals surface area contributed by atoms with E-state index in [-0.39, 0.29) is 6.42 Å². The maximum atomic E-state index is 10.5. The molecule has 0 bridgehead atoms. The van der Waals surface area contributed by atoms with Crippen LogP contribution >= 0.6 is 0 Å². The zero-order valence-corrected chi connectivity index (χ0v) is 18.5. The molecular formula is C25H34N2O4. The number of allylic oxidation sites excluding steroid dienone is 2. The summed E-state index contributed by atoms with van der Waals surface area (Å²) in [5.74, 6) is 0.638. The van der Waals surface area contributed by atoms with Crippen LogP contribution in [0.15, 0.2) is 48.8 Å². The average Bonchev–Trinajstić information content (AvgIpc) is 2.78. The molecule has 0 aliphatic rings. The van der Waals surface area contributed by atoms with Gasteiger partial charge in [-0.05, 0) is 50.5 Å². The number of aliphatic carboxylic acids is 1. The summed E-state index contributed by atoms with van der Waals surface area (Å²) < 4.78 is 11.2. The Morgan fingerprint density at radius 2 is 1.68 bits per heavy atom. The number of unbranched alkanes of at least 4 members (excludes halogenated alkanes) is 2. The lowest BCUT2D eigenvalue weighted by Gasteiger charge is -2.07. The second kappa shape index (κ2) is 15.1. The number of aromatic nitrogens is 2. The first-order chi connectivity index (χ1) is 15.2. The molecule has 0 amide bonds. The van der Waals surface area contributed by atoms with Gasteiger partial charge in [-0.15, -0.1) is 0 Å². The lowest BCUT2D eigenvalue weighted by molar-refractivity contribution is -0.137. The zero-order chi connectivity index (χ0) is 22.2. The average molecular weight is 427 g/mol. The van der Waals surface area contributed by atoms with Gasteiger partial charge in [0, 0.05) is 25.2 Å². The van der Waals surface area contributed by atoms with Gasteiger partial charge in [0.1, 0.15) is 0 Å². The molecule has 1 aromatic heterocycles. The summed E-state index contributed by atoms with van der Waals surface area (Å²) in [6.07, 6.45) is 14.3. The van der Waals surface area contributed by atoms with Crippen molar-refractivity contribution in [2.45, 2.75) is 58.3 Å². The Hall–Kier alpha value is -2.73. The molecule has 2 aromatic rings. The second-order valence-electron chi connectivity index (χ2n) is 7.40. The molecule has 0 saturated heterocycles. The molecule has 1 aromatic carbocycles. The van der Waals surface area contributed by atoms with Gasteiger partial charge in [0.2, 0.25) is 0 Å². The Morgan fingerprint density at radius 3 is 2.39 bits per heavy atom. The van der Waals surface area contributed by atoms with Gasteiger partial charge >= 0.3 is 5.97 Å². The highest BCUT2D eigenvalue weighted by Crippen LogP contribution is 2.18. The summed E-state index contributed by atoms with van der Waals surface area (Å²) in [6, 6.07) is 8.28. The third-order valence-corrected chi connectivity index (χ3v) is 4.67. The molecule has 1 N–H and O–H groups in total. The van der Waals surface area contributed by atoms with Crippen LogP contribution in [0.25, 0.3) is 11.4 Å². The number of carboxylic acids is 1. The van der Waals surface area contributed by atoms with Crippen LogP contribution in [0.2, 0.25) is 0 Å². The predicted octanol–water partition coefficient (Wildman–Crippen LogP) is 5.47. The standard InChI is InChI=1S/C25H34N2O4/c1-2-16-30-17-8-9-18-31-23-19-26-25(27-20-23)22-14-12-21(13-15-22)10-6-4-3-5-7-11-24(28)29/h3-4,12-15,19-20H,2,5-11,16-18H2,1H3,(H,28,29)/b4-3-. The maximum Gasteiger partial charge on any atom is 0.303 e. The number of hydrogen-bond donors (Lipinski definition) is 1.